The van der Waals surface area contributed by atoms with Crippen molar-refractivity contribution < 1.29 is 9.47 Å². The zero-order valence-electron chi connectivity index (χ0n) is 16.2. The van der Waals surface area contributed by atoms with Crippen molar-refractivity contribution in [2.45, 2.75) is 57.8 Å². The molecular weight excluding hydrogens is 308 g/mol. The van der Waals surface area contributed by atoms with Crippen LogP contribution < -0.4 is 9.47 Å². The third-order valence-corrected chi connectivity index (χ3v) is 5.35. The van der Waals surface area contributed by atoms with Crippen LogP contribution in [0.15, 0.2) is 48.5 Å². The van der Waals surface area contributed by atoms with E-state index in [4.69, 9.17) is 9.47 Å². The Labute approximate surface area is 153 Å². The summed E-state index contributed by atoms with van der Waals surface area (Å²) in [6, 6.07) is 17.2. The SMILES string of the molecule is CCCCCCC(CC)(c1ccc(OC)cc1)c1ccc(OC)cc1. The van der Waals surface area contributed by atoms with Gasteiger partial charge in [-0.2, -0.15) is 0 Å². The van der Waals surface area contributed by atoms with E-state index in [1.54, 1.807) is 14.2 Å². The molecule has 0 fully saturated rings. The predicted octanol–water partition coefficient (Wildman–Crippen LogP) is 6.37. The molecule has 0 saturated heterocycles. The van der Waals surface area contributed by atoms with Gasteiger partial charge in [0, 0.05) is 5.41 Å². The Kier molecular flexibility index (Phi) is 7.36. The van der Waals surface area contributed by atoms with Gasteiger partial charge in [0.15, 0.2) is 0 Å². The molecule has 0 bridgehead atoms. The van der Waals surface area contributed by atoms with Crippen LogP contribution in [-0.4, -0.2) is 14.2 Å². The van der Waals surface area contributed by atoms with Crippen LogP contribution in [0.2, 0.25) is 0 Å². The van der Waals surface area contributed by atoms with E-state index in [9.17, 15) is 0 Å². The molecule has 2 nitrogen and oxygen atoms in total. The van der Waals surface area contributed by atoms with E-state index in [1.807, 2.05) is 0 Å². The Morgan fingerprint density at radius 2 is 1.16 bits per heavy atom. The molecule has 0 unspecified atom stereocenters. The minimum absolute atomic E-state index is 0.0479. The van der Waals surface area contributed by atoms with Crippen molar-refractivity contribution >= 4 is 0 Å². The fraction of sp³-hybridized carbons (Fsp3) is 0.478. The lowest BCUT2D eigenvalue weighted by Crippen LogP contribution is -2.27. The van der Waals surface area contributed by atoms with Gasteiger partial charge < -0.3 is 9.47 Å². The van der Waals surface area contributed by atoms with Crippen molar-refractivity contribution in [3.8, 4) is 11.5 Å². The quantitative estimate of drug-likeness (QED) is 0.468. The summed E-state index contributed by atoms with van der Waals surface area (Å²) in [7, 11) is 3.44. The molecule has 0 heterocycles. The van der Waals surface area contributed by atoms with Gasteiger partial charge in [0.2, 0.25) is 0 Å². The molecule has 0 radical (unpaired) electrons. The first-order valence-corrected chi connectivity index (χ1v) is 9.49. The molecule has 0 amide bonds. The van der Waals surface area contributed by atoms with Crippen molar-refractivity contribution in [2.75, 3.05) is 14.2 Å². The molecule has 25 heavy (non-hydrogen) atoms. The van der Waals surface area contributed by atoms with Crippen LogP contribution in [0.3, 0.4) is 0 Å². The first-order valence-electron chi connectivity index (χ1n) is 9.49. The second-order valence-electron chi connectivity index (χ2n) is 6.70. The smallest absolute Gasteiger partial charge is 0.118 e. The third-order valence-electron chi connectivity index (χ3n) is 5.35. The zero-order chi connectivity index (χ0) is 18.1. The summed E-state index contributed by atoms with van der Waals surface area (Å²) >= 11 is 0. The molecule has 2 aromatic rings. The molecule has 2 rings (SSSR count). The predicted molar refractivity (Wildman–Crippen MR) is 106 cm³/mol. The average Bonchev–Trinajstić information content (AvgIpc) is 2.69. The van der Waals surface area contributed by atoms with E-state index < -0.39 is 0 Å². The molecule has 0 N–H and O–H groups in total. The van der Waals surface area contributed by atoms with Crippen LogP contribution in [0, 0.1) is 0 Å². The van der Waals surface area contributed by atoms with E-state index in [0.717, 1.165) is 17.9 Å². The Morgan fingerprint density at radius 3 is 1.52 bits per heavy atom. The summed E-state index contributed by atoms with van der Waals surface area (Å²) in [6.07, 6.45) is 7.37. The van der Waals surface area contributed by atoms with Gasteiger partial charge in [-0.25, -0.2) is 0 Å². The highest BCUT2D eigenvalue weighted by atomic mass is 16.5. The summed E-state index contributed by atoms with van der Waals surface area (Å²) in [6.45, 7) is 4.56. The molecule has 0 aromatic heterocycles. The number of hydrogen-bond acceptors (Lipinski definition) is 2. The summed E-state index contributed by atoms with van der Waals surface area (Å²) in [5, 5.41) is 0. The Morgan fingerprint density at radius 1 is 0.680 bits per heavy atom. The fourth-order valence-electron chi connectivity index (χ4n) is 3.71. The first-order chi connectivity index (χ1) is 12.2. The summed E-state index contributed by atoms with van der Waals surface area (Å²) in [4.78, 5) is 0. The van der Waals surface area contributed by atoms with Crippen LogP contribution in [0.4, 0.5) is 0 Å². The second kappa shape index (κ2) is 9.50. The van der Waals surface area contributed by atoms with Crippen LogP contribution in [0.1, 0.15) is 63.5 Å². The highest BCUT2D eigenvalue weighted by Crippen LogP contribution is 2.41. The van der Waals surface area contributed by atoms with E-state index in [2.05, 4.69) is 62.4 Å². The van der Waals surface area contributed by atoms with Crippen molar-refractivity contribution in [1.29, 1.82) is 0 Å². The van der Waals surface area contributed by atoms with E-state index in [-0.39, 0.29) is 5.41 Å². The second-order valence-corrected chi connectivity index (χ2v) is 6.70. The van der Waals surface area contributed by atoms with Crippen LogP contribution in [0.5, 0.6) is 11.5 Å². The number of hydrogen-bond donors (Lipinski definition) is 0. The maximum Gasteiger partial charge on any atom is 0.118 e. The van der Waals surface area contributed by atoms with Gasteiger partial charge >= 0.3 is 0 Å². The number of methoxy groups -OCH3 is 2. The van der Waals surface area contributed by atoms with Gasteiger partial charge in [0.05, 0.1) is 14.2 Å². The lowest BCUT2D eigenvalue weighted by molar-refractivity contribution is 0.407. The summed E-state index contributed by atoms with van der Waals surface area (Å²) < 4.78 is 10.7. The molecule has 2 heteroatoms. The maximum atomic E-state index is 5.35. The van der Waals surface area contributed by atoms with E-state index in [1.165, 1.54) is 43.2 Å². The summed E-state index contributed by atoms with van der Waals surface area (Å²) in [5.74, 6) is 1.82. The topological polar surface area (TPSA) is 18.5 Å². The molecule has 0 aliphatic carbocycles. The standard InChI is InChI=1S/C23H32O2/c1-5-7-8-9-18-23(6-2,19-10-14-21(24-3)15-11-19)20-12-16-22(25-4)17-13-20/h10-17H,5-9,18H2,1-4H3. The Bertz CT molecular complexity index is 566. The first kappa shape index (κ1) is 19.4. The number of ether oxygens (including phenoxy) is 2. The van der Waals surface area contributed by atoms with Gasteiger partial charge in [0.25, 0.3) is 0 Å². The molecule has 2 aromatic carbocycles. The lowest BCUT2D eigenvalue weighted by Gasteiger charge is -2.35. The highest BCUT2D eigenvalue weighted by molar-refractivity contribution is 5.43. The van der Waals surface area contributed by atoms with Gasteiger partial charge in [0.1, 0.15) is 11.5 Å². The number of unbranched alkanes of at least 4 members (excludes halogenated alkanes) is 3. The van der Waals surface area contributed by atoms with Crippen molar-refractivity contribution in [1.82, 2.24) is 0 Å². The molecule has 0 aliphatic heterocycles. The van der Waals surface area contributed by atoms with E-state index >= 15 is 0 Å². The average molecular weight is 341 g/mol. The van der Waals surface area contributed by atoms with Crippen molar-refractivity contribution in [3.05, 3.63) is 59.7 Å². The Balaban J connectivity index is 2.39. The zero-order valence-corrected chi connectivity index (χ0v) is 16.2. The minimum Gasteiger partial charge on any atom is -0.497 e. The number of benzene rings is 2. The van der Waals surface area contributed by atoms with Crippen molar-refractivity contribution in [2.24, 2.45) is 0 Å². The maximum absolute atomic E-state index is 5.35. The fourth-order valence-corrected chi connectivity index (χ4v) is 3.71. The van der Waals surface area contributed by atoms with Gasteiger partial charge in [-0.1, -0.05) is 63.8 Å². The molecule has 0 atom stereocenters. The van der Waals surface area contributed by atoms with Crippen LogP contribution in [0.25, 0.3) is 0 Å². The lowest BCUT2D eigenvalue weighted by atomic mass is 9.69. The van der Waals surface area contributed by atoms with Gasteiger partial charge in [-0.3, -0.25) is 0 Å². The Hall–Kier alpha value is -1.96. The molecule has 0 aliphatic rings. The van der Waals surface area contributed by atoms with E-state index in [0.29, 0.717) is 0 Å². The largest absolute Gasteiger partial charge is 0.497 e. The number of rotatable bonds is 10. The normalized spacial score (nSPS) is 11.4. The van der Waals surface area contributed by atoms with Crippen LogP contribution >= 0.6 is 0 Å². The molecule has 0 saturated carbocycles. The summed E-state index contributed by atoms with van der Waals surface area (Å²) in [5.41, 5.74) is 2.79. The van der Waals surface area contributed by atoms with Gasteiger partial charge in [-0.15, -0.1) is 0 Å². The molecular formula is C23H32O2. The van der Waals surface area contributed by atoms with Gasteiger partial charge in [-0.05, 0) is 48.2 Å². The molecule has 0 spiro atoms. The van der Waals surface area contributed by atoms with Crippen molar-refractivity contribution in [3.63, 3.8) is 0 Å². The van der Waals surface area contributed by atoms with Crippen LogP contribution in [-0.2, 0) is 5.41 Å². The highest BCUT2D eigenvalue weighted by Gasteiger charge is 2.32. The third kappa shape index (κ3) is 4.56. The molecule has 136 valence electrons. The minimum atomic E-state index is 0.0479. The monoisotopic (exact) mass is 340 g/mol.